The first kappa shape index (κ1) is 14.5. The average Bonchev–Trinajstić information content (AvgIpc) is 2.73. The topological polar surface area (TPSA) is 153 Å². The largest absolute Gasteiger partial charge is 0.481 e. The van der Waals surface area contributed by atoms with E-state index in [4.69, 9.17) is 10.8 Å². The van der Waals surface area contributed by atoms with Crippen molar-refractivity contribution in [3.05, 3.63) is 5.82 Å². The highest BCUT2D eigenvalue weighted by molar-refractivity contribution is 5.78. The smallest absolute Gasteiger partial charge is 0.305 e. The monoisotopic (exact) mass is 270 g/mol. The number of nitrogens with two attached hydrogens (primary N) is 1. The van der Waals surface area contributed by atoms with Gasteiger partial charge in [0.1, 0.15) is 0 Å². The molecule has 2 amide bonds. The van der Waals surface area contributed by atoms with Gasteiger partial charge >= 0.3 is 5.97 Å². The van der Waals surface area contributed by atoms with Gasteiger partial charge in [-0.2, -0.15) is 0 Å². The van der Waals surface area contributed by atoms with Gasteiger partial charge in [-0.05, 0) is 10.4 Å². The number of carbonyl (C=O) groups is 3. The lowest BCUT2D eigenvalue weighted by Gasteiger charge is -2.04. The Morgan fingerprint density at radius 3 is 2.68 bits per heavy atom. The second-order valence-electron chi connectivity index (χ2n) is 3.71. The fourth-order valence-electron chi connectivity index (χ4n) is 1.25. The van der Waals surface area contributed by atoms with E-state index in [2.05, 4.69) is 20.8 Å². The molecule has 0 bridgehead atoms. The first-order valence-electron chi connectivity index (χ1n) is 5.51. The van der Waals surface area contributed by atoms with Gasteiger partial charge in [0.25, 0.3) is 0 Å². The van der Waals surface area contributed by atoms with Crippen LogP contribution in [0.1, 0.15) is 18.7 Å². The molecule has 0 saturated heterocycles. The van der Waals surface area contributed by atoms with E-state index < -0.39 is 17.8 Å². The van der Waals surface area contributed by atoms with E-state index in [0.29, 0.717) is 0 Å². The van der Waals surface area contributed by atoms with Gasteiger partial charge in [0, 0.05) is 13.0 Å². The maximum Gasteiger partial charge on any atom is 0.305 e. The zero-order valence-corrected chi connectivity index (χ0v) is 10.1. The highest BCUT2D eigenvalue weighted by Gasteiger charge is 2.12. The molecule has 1 rings (SSSR count). The Balaban J connectivity index is 2.43. The number of hydrogen-bond donors (Lipinski definition) is 3. The summed E-state index contributed by atoms with van der Waals surface area (Å²) in [7, 11) is 0. The summed E-state index contributed by atoms with van der Waals surface area (Å²) in [5.41, 5.74) is 5.00. The molecule has 0 saturated carbocycles. The zero-order valence-electron chi connectivity index (χ0n) is 10.1. The van der Waals surface area contributed by atoms with Gasteiger partial charge in [-0.15, -0.1) is 5.10 Å². The second-order valence-corrected chi connectivity index (χ2v) is 3.71. The number of aromatic nitrogens is 4. The van der Waals surface area contributed by atoms with E-state index in [1.165, 1.54) is 4.68 Å². The molecule has 0 aliphatic carbocycles. The number of nitrogens with one attached hydrogen (secondary N) is 1. The summed E-state index contributed by atoms with van der Waals surface area (Å²) < 4.78 is 1.31. The van der Waals surface area contributed by atoms with E-state index in [1.54, 1.807) is 0 Å². The summed E-state index contributed by atoms with van der Waals surface area (Å²) in [4.78, 5) is 32.4. The lowest BCUT2D eigenvalue weighted by Crippen LogP contribution is -2.28. The van der Waals surface area contributed by atoms with Crippen molar-refractivity contribution in [2.75, 3.05) is 6.54 Å². The molecule has 1 aromatic rings. The molecule has 19 heavy (non-hydrogen) atoms. The standard InChI is InChI=1S/C9H14N6O4/c10-6(16)2-4-15-7(12-13-14-15)5-8(17)11-3-1-9(18)19/h1-5H2,(H2,10,16)(H,11,17)(H,18,19). The lowest BCUT2D eigenvalue weighted by atomic mass is 10.3. The number of aryl methyl sites for hydroxylation is 1. The van der Waals surface area contributed by atoms with Crippen LogP contribution in [0.5, 0.6) is 0 Å². The summed E-state index contributed by atoms with van der Waals surface area (Å²) in [6.07, 6.45) is -0.178. The number of nitrogens with zero attached hydrogens (tertiary/aromatic N) is 4. The van der Waals surface area contributed by atoms with Gasteiger partial charge in [-0.25, -0.2) is 4.68 Å². The number of carboxylic acid groups (broad SMARTS) is 1. The molecule has 1 heterocycles. The predicted molar refractivity (Wildman–Crippen MR) is 60.6 cm³/mol. The maximum absolute atomic E-state index is 11.5. The number of rotatable bonds is 8. The molecule has 1 aromatic heterocycles. The Morgan fingerprint density at radius 1 is 1.32 bits per heavy atom. The van der Waals surface area contributed by atoms with Crippen molar-refractivity contribution < 1.29 is 19.5 Å². The van der Waals surface area contributed by atoms with Crippen molar-refractivity contribution in [3.8, 4) is 0 Å². The lowest BCUT2D eigenvalue weighted by molar-refractivity contribution is -0.137. The molecule has 104 valence electrons. The first-order valence-corrected chi connectivity index (χ1v) is 5.51. The van der Waals surface area contributed by atoms with Crippen LogP contribution in [0, 0.1) is 0 Å². The van der Waals surface area contributed by atoms with Gasteiger partial charge in [0.2, 0.25) is 11.8 Å². The minimum absolute atomic E-state index is 0.0387. The van der Waals surface area contributed by atoms with Crippen LogP contribution >= 0.6 is 0 Å². The Bertz CT molecular complexity index is 471. The van der Waals surface area contributed by atoms with E-state index in [9.17, 15) is 14.4 Å². The first-order chi connectivity index (χ1) is 8.99. The highest BCUT2D eigenvalue weighted by Crippen LogP contribution is 1.96. The number of amides is 2. The molecule has 0 fully saturated rings. The molecule has 0 aromatic carbocycles. The van der Waals surface area contributed by atoms with Crippen LogP contribution in [-0.4, -0.2) is 49.6 Å². The molecular weight excluding hydrogens is 256 g/mol. The average molecular weight is 270 g/mol. The Hall–Kier alpha value is -2.52. The van der Waals surface area contributed by atoms with Crippen molar-refractivity contribution in [1.29, 1.82) is 0 Å². The molecule has 0 radical (unpaired) electrons. The summed E-state index contributed by atoms with van der Waals surface area (Å²) >= 11 is 0. The van der Waals surface area contributed by atoms with E-state index in [1.807, 2.05) is 0 Å². The third-order valence-corrected chi connectivity index (χ3v) is 2.16. The third-order valence-electron chi connectivity index (χ3n) is 2.16. The fraction of sp³-hybridized carbons (Fsp3) is 0.556. The van der Waals surface area contributed by atoms with Crippen LogP contribution in [0.15, 0.2) is 0 Å². The van der Waals surface area contributed by atoms with Gasteiger partial charge < -0.3 is 16.2 Å². The van der Waals surface area contributed by atoms with E-state index in [0.717, 1.165) is 0 Å². The molecule has 10 nitrogen and oxygen atoms in total. The SMILES string of the molecule is NC(=O)CCn1nnnc1CC(=O)NCCC(=O)O. The van der Waals surface area contributed by atoms with Gasteiger partial charge in [-0.3, -0.25) is 14.4 Å². The van der Waals surface area contributed by atoms with Gasteiger partial charge in [0.05, 0.1) is 19.4 Å². The Labute approximate surface area is 108 Å². The third kappa shape index (κ3) is 5.57. The molecule has 4 N–H and O–H groups in total. The Morgan fingerprint density at radius 2 is 2.05 bits per heavy atom. The summed E-state index contributed by atoms with van der Waals surface area (Å²) in [5.74, 6) is -1.59. The molecule has 0 unspecified atom stereocenters. The summed E-state index contributed by atoms with van der Waals surface area (Å²) in [6, 6.07) is 0. The predicted octanol–water partition coefficient (Wildman–Crippen LogP) is -2.32. The number of primary amides is 1. The van der Waals surface area contributed by atoms with Gasteiger partial charge in [-0.1, -0.05) is 0 Å². The number of tetrazole rings is 1. The fourth-order valence-corrected chi connectivity index (χ4v) is 1.25. The Kier molecular flexibility index (Phi) is 5.38. The van der Waals surface area contributed by atoms with Crippen molar-refractivity contribution in [3.63, 3.8) is 0 Å². The highest BCUT2D eigenvalue weighted by atomic mass is 16.4. The normalized spacial score (nSPS) is 10.1. The molecule has 0 atom stereocenters. The van der Waals surface area contributed by atoms with Crippen LogP contribution in [0.2, 0.25) is 0 Å². The van der Waals surface area contributed by atoms with E-state index >= 15 is 0 Å². The molecule has 0 spiro atoms. The van der Waals surface area contributed by atoms with Crippen LogP contribution in [0.4, 0.5) is 0 Å². The maximum atomic E-state index is 11.5. The van der Waals surface area contributed by atoms with Crippen LogP contribution in [0.3, 0.4) is 0 Å². The summed E-state index contributed by atoms with van der Waals surface area (Å²) in [6.45, 7) is 0.233. The minimum Gasteiger partial charge on any atom is -0.481 e. The molecule has 0 aliphatic rings. The van der Waals surface area contributed by atoms with Crippen LogP contribution in [-0.2, 0) is 27.3 Å². The zero-order chi connectivity index (χ0) is 14.3. The second kappa shape index (κ2) is 7.03. The molecular formula is C9H14N6O4. The van der Waals surface area contributed by atoms with Crippen molar-refractivity contribution in [2.45, 2.75) is 25.8 Å². The van der Waals surface area contributed by atoms with Crippen LogP contribution in [0.25, 0.3) is 0 Å². The number of carbonyl (C=O) groups excluding carboxylic acids is 2. The molecule has 10 heteroatoms. The van der Waals surface area contributed by atoms with Crippen LogP contribution < -0.4 is 11.1 Å². The van der Waals surface area contributed by atoms with Crippen molar-refractivity contribution >= 4 is 17.8 Å². The van der Waals surface area contributed by atoms with Crippen molar-refractivity contribution in [1.82, 2.24) is 25.5 Å². The quantitative estimate of drug-likeness (QED) is 0.479. The van der Waals surface area contributed by atoms with Gasteiger partial charge in [0.15, 0.2) is 5.82 Å². The van der Waals surface area contributed by atoms with Crippen molar-refractivity contribution in [2.24, 2.45) is 5.73 Å². The summed E-state index contributed by atoms with van der Waals surface area (Å²) in [5, 5.41) is 21.5. The number of hydrogen-bond acceptors (Lipinski definition) is 6. The van der Waals surface area contributed by atoms with E-state index in [-0.39, 0.29) is 38.2 Å². The number of carboxylic acids is 1. The molecule has 0 aliphatic heterocycles. The number of aliphatic carboxylic acids is 1. The minimum atomic E-state index is -0.994.